The van der Waals surface area contributed by atoms with Gasteiger partial charge < -0.3 is 5.11 Å². The Labute approximate surface area is 111 Å². The predicted molar refractivity (Wildman–Crippen MR) is 68.1 cm³/mol. The number of carbonyl (C=O) groups is 1. The minimum atomic E-state index is -3.75. The van der Waals surface area contributed by atoms with Crippen molar-refractivity contribution in [3.8, 4) is 0 Å². The van der Waals surface area contributed by atoms with E-state index >= 15 is 0 Å². The average Bonchev–Trinajstić information content (AvgIpc) is 2.26. The zero-order chi connectivity index (χ0) is 14.0. The van der Waals surface area contributed by atoms with E-state index in [-0.39, 0.29) is 11.4 Å². The largest absolute Gasteiger partial charge is 0.481 e. The molecule has 18 heavy (non-hydrogen) atoms. The topological polar surface area (TPSA) is 83.5 Å². The molecule has 0 radical (unpaired) electrons. The van der Waals surface area contributed by atoms with Crippen LogP contribution in [0.15, 0.2) is 29.2 Å². The summed E-state index contributed by atoms with van der Waals surface area (Å²) in [5.41, 5.74) is -1.17. The monoisotopic (exact) mass is 291 g/mol. The molecule has 1 aromatic carbocycles. The highest BCUT2D eigenvalue weighted by Gasteiger charge is 2.29. The van der Waals surface area contributed by atoms with Gasteiger partial charge in [0.2, 0.25) is 10.0 Å². The van der Waals surface area contributed by atoms with Crippen LogP contribution >= 0.6 is 11.6 Å². The Morgan fingerprint density at radius 1 is 1.44 bits per heavy atom. The first-order chi connectivity index (χ1) is 8.15. The van der Waals surface area contributed by atoms with Crippen molar-refractivity contribution in [1.82, 2.24) is 4.72 Å². The van der Waals surface area contributed by atoms with Gasteiger partial charge in [-0.15, -0.1) is 0 Å². The summed E-state index contributed by atoms with van der Waals surface area (Å²) in [5, 5.41) is 9.20. The fourth-order valence-corrected chi connectivity index (χ4v) is 2.58. The molecule has 0 aromatic heterocycles. The van der Waals surface area contributed by atoms with E-state index in [1.165, 1.54) is 32.0 Å². The second kappa shape index (κ2) is 5.26. The molecule has 1 rings (SSSR count). The molecule has 100 valence electrons. The molecule has 0 heterocycles. The second-order valence-corrected chi connectivity index (χ2v) is 6.67. The number of nitrogens with one attached hydrogen (secondary N) is 1. The minimum Gasteiger partial charge on any atom is -0.481 e. The van der Waals surface area contributed by atoms with Crippen LogP contribution in [0.25, 0.3) is 0 Å². The summed E-state index contributed by atoms with van der Waals surface area (Å²) in [6.07, 6.45) is 0. The lowest BCUT2D eigenvalue weighted by Gasteiger charge is -2.19. The van der Waals surface area contributed by atoms with E-state index < -0.39 is 21.4 Å². The van der Waals surface area contributed by atoms with Crippen LogP contribution in [0.1, 0.15) is 13.8 Å². The van der Waals surface area contributed by atoms with Crippen LogP contribution in [-0.2, 0) is 14.8 Å². The smallest absolute Gasteiger partial charge is 0.310 e. The molecule has 0 saturated carbocycles. The maximum absolute atomic E-state index is 11.9. The van der Waals surface area contributed by atoms with Crippen LogP contribution in [0.2, 0.25) is 5.02 Å². The van der Waals surface area contributed by atoms with Crippen molar-refractivity contribution in [2.24, 2.45) is 5.41 Å². The summed E-state index contributed by atoms with van der Waals surface area (Å²) < 4.78 is 26.0. The minimum absolute atomic E-state index is 0.0104. The van der Waals surface area contributed by atoms with Crippen molar-refractivity contribution in [3.63, 3.8) is 0 Å². The first-order valence-electron chi connectivity index (χ1n) is 5.14. The second-order valence-electron chi connectivity index (χ2n) is 4.47. The lowest BCUT2D eigenvalue weighted by molar-refractivity contribution is -0.146. The quantitative estimate of drug-likeness (QED) is 0.865. The first kappa shape index (κ1) is 14.9. The SMILES string of the molecule is CC(C)(CNS(=O)(=O)c1cccc(Cl)c1)C(=O)O. The summed E-state index contributed by atoms with van der Waals surface area (Å²) in [6.45, 7) is 2.68. The highest BCUT2D eigenvalue weighted by molar-refractivity contribution is 7.89. The molecule has 1 aromatic rings. The molecule has 2 N–H and O–H groups in total. The van der Waals surface area contributed by atoms with E-state index in [0.29, 0.717) is 5.02 Å². The Bertz CT molecular complexity index is 554. The van der Waals surface area contributed by atoms with E-state index in [0.717, 1.165) is 0 Å². The number of halogens is 1. The molecule has 0 atom stereocenters. The van der Waals surface area contributed by atoms with Gasteiger partial charge in [-0.1, -0.05) is 17.7 Å². The molecule has 0 spiro atoms. The van der Waals surface area contributed by atoms with Crippen LogP contribution in [0.3, 0.4) is 0 Å². The number of carboxylic acid groups (broad SMARTS) is 1. The number of hydrogen-bond acceptors (Lipinski definition) is 3. The first-order valence-corrected chi connectivity index (χ1v) is 7.00. The molecule has 0 aliphatic heterocycles. The standard InChI is InChI=1S/C11H14ClNO4S/c1-11(2,10(14)15)7-13-18(16,17)9-5-3-4-8(12)6-9/h3-6,13H,7H2,1-2H3,(H,14,15). The summed E-state index contributed by atoms with van der Waals surface area (Å²) in [4.78, 5) is 10.9. The van der Waals surface area contributed by atoms with Crippen molar-refractivity contribution in [2.75, 3.05) is 6.54 Å². The van der Waals surface area contributed by atoms with E-state index in [1.807, 2.05) is 0 Å². The molecular weight excluding hydrogens is 278 g/mol. The van der Waals surface area contributed by atoms with Crippen LogP contribution < -0.4 is 4.72 Å². The number of aliphatic carboxylic acids is 1. The van der Waals surface area contributed by atoms with Gasteiger partial charge in [0.25, 0.3) is 0 Å². The highest BCUT2D eigenvalue weighted by Crippen LogP contribution is 2.18. The highest BCUT2D eigenvalue weighted by atomic mass is 35.5. The predicted octanol–water partition coefficient (Wildman–Crippen LogP) is 1.73. The van der Waals surface area contributed by atoms with E-state index in [1.54, 1.807) is 6.07 Å². The summed E-state index contributed by atoms with van der Waals surface area (Å²) >= 11 is 5.71. The van der Waals surface area contributed by atoms with Crippen molar-refractivity contribution < 1.29 is 18.3 Å². The normalized spacial score (nSPS) is 12.4. The van der Waals surface area contributed by atoms with Gasteiger partial charge >= 0.3 is 5.97 Å². The molecule has 0 amide bonds. The Kier molecular flexibility index (Phi) is 4.37. The number of sulfonamides is 1. The molecular formula is C11H14ClNO4S. The Balaban J connectivity index is 2.87. The average molecular weight is 292 g/mol. The maximum Gasteiger partial charge on any atom is 0.310 e. The van der Waals surface area contributed by atoms with Gasteiger partial charge in [-0.05, 0) is 32.0 Å². The summed E-state index contributed by atoms with van der Waals surface area (Å²) in [7, 11) is -3.75. The fraction of sp³-hybridized carbons (Fsp3) is 0.364. The van der Waals surface area contributed by atoms with Crippen LogP contribution in [0.4, 0.5) is 0 Å². The van der Waals surface area contributed by atoms with E-state index in [4.69, 9.17) is 16.7 Å². The summed E-state index contributed by atoms with van der Waals surface area (Å²) in [6, 6.07) is 5.76. The van der Waals surface area contributed by atoms with Gasteiger partial charge in [-0.3, -0.25) is 4.79 Å². The fourth-order valence-electron chi connectivity index (χ4n) is 1.07. The molecule has 0 fully saturated rings. The van der Waals surface area contributed by atoms with E-state index in [2.05, 4.69) is 4.72 Å². The third kappa shape index (κ3) is 3.69. The zero-order valence-corrected chi connectivity index (χ0v) is 11.5. The maximum atomic E-state index is 11.9. The lowest BCUT2D eigenvalue weighted by Crippen LogP contribution is -2.38. The van der Waals surface area contributed by atoms with Gasteiger partial charge in [-0.25, -0.2) is 13.1 Å². The molecule has 0 aliphatic carbocycles. The van der Waals surface area contributed by atoms with Crippen molar-refractivity contribution >= 4 is 27.6 Å². The number of benzene rings is 1. The number of carboxylic acids is 1. The van der Waals surface area contributed by atoms with Gasteiger partial charge in [0.05, 0.1) is 10.3 Å². The molecule has 5 nitrogen and oxygen atoms in total. The molecule has 0 unspecified atom stereocenters. The Morgan fingerprint density at radius 3 is 2.56 bits per heavy atom. The third-order valence-electron chi connectivity index (χ3n) is 2.39. The molecule has 0 saturated heterocycles. The van der Waals surface area contributed by atoms with Crippen molar-refractivity contribution in [2.45, 2.75) is 18.7 Å². The third-order valence-corrected chi connectivity index (χ3v) is 4.02. The van der Waals surface area contributed by atoms with Gasteiger partial charge in [0.1, 0.15) is 0 Å². The van der Waals surface area contributed by atoms with Crippen LogP contribution in [-0.4, -0.2) is 26.0 Å². The summed E-state index contributed by atoms with van der Waals surface area (Å²) in [5.74, 6) is -1.07. The van der Waals surface area contributed by atoms with Gasteiger partial charge in [0, 0.05) is 11.6 Å². The van der Waals surface area contributed by atoms with E-state index in [9.17, 15) is 13.2 Å². The number of hydrogen-bond donors (Lipinski definition) is 2. The molecule has 0 bridgehead atoms. The van der Waals surface area contributed by atoms with Gasteiger partial charge in [-0.2, -0.15) is 0 Å². The van der Waals surface area contributed by atoms with Crippen LogP contribution in [0, 0.1) is 5.41 Å². The van der Waals surface area contributed by atoms with Crippen LogP contribution in [0.5, 0.6) is 0 Å². The lowest BCUT2D eigenvalue weighted by atomic mass is 9.95. The van der Waals surface area contributed by atoms with Gasteiger partial charge in [0.15, 0.2) is 0 Å². The Hall–Kier alpha value is -1.11. The molecule has 7 heteroatoms. The van der Waals surface area contributed by atoms with Crippen molar-refractivity contribution in [1.29, 1.82) is 0 Å². The molecule has 0 aliphatic rings. The number of rotatable bonds is 5. The van der Waals surface area contributed by atoms with Crippen molar-refractivity contribution in [3.05, 3.63) is 29.3 Å². The Morgan fingerprint density at radius 2 is 2.06 bits per heavy atom. The zero-order valence-electron chi connectivity index (χ0n) is 9.97.